The van der Waals surface area contributed by atoms with Crippen LogP contribution in [0.3, 0.4) is 0 Å². The van der Waals surface area contributed by atoms with Gasteiger partial charge < -0.3 is 14.8 Å². The first-order valence-corrected chi connectivity index (χ1v) is 6.09. The van der Waals surface area contributed by atoms with Crippen LogP contribution in [0.5, 0.6) is 0 Å². The third-order valence-electron chi connectivity index (χ3n) is 2.69. The van der Waals surface area contributed by atoms with Crippen molar-refractivity contribution in [3.63, 3.8) is 0 Å². The van der Waals surface area contributed by atoms with Crippen molar-refractivity contribution in [2.75, 3.05) is 5.32 Å². The minimum atomic E-state index is -1.65. The van der Waals surface area contributed by atoms with Crippen LogP contribution in [0.2, 0.25) is 0 Å². The zero-order valence-electron chi connectivity index (χ0n) is 10.7. The number of anilines is 1. The number of hydrogen-bond donors (Lipinski definition) is 3. The molecule has 3 N–H and O–H groups in total. The first-order chi connectivity index (χ1) is 9.66. The Labute approximate surface area is 117 Å². The van der Waals surface area contributed by atoms with E-state index in [0.29, 0.717) is 5.69 Å². The van der Waals surface area contributed by atoms with E-state index < -0.39 is 13.2 Å². The Morgan fingerprint density at radius 2 is 1.70 bits per heavy atom. The number of carbonyl (C=O) groups is 1. The highest BCUT2D eigenvalue weighted by molar-refractivity contribution is 6.60. The fraction of sp³-hybridized carbons (Fsp3) is 0.0714. The van der Waals surface area contributed by atoms with E-state index in [1.165, 1.54) is 6.07 Å². The lowest BCUT2D eigenvalue weighted by Crippen LogP contribution is -2.33. The maximum absolute atomic E-state index is 11.7. The lowest BCUT2D eigenvalue weighted by atomic mass is 9.79. The summed E-state index contributed by atoms with van der Waals surface area (Å²) in [5.74, 6) is 0. The second kappa shape index (κ2) is 6.74. The molecule has 5 nitrogen and oxygen atoms in total. The van der Waals surface area contributed by atoms with Crippen LogP contribution in [-0.4, -0.2) is 23.3 Å². The summed E-state index contributed by atoms with van der Waals surface area (Å²) in [5.41, 5.74) is 1.39. The molecule has 0 aliphatic carbocycles. The fourth-order valence-corrected chi connectivity index (χ4v) is 1.71. The molecule has 0 fully saturated rings. The molecule has 0 spiro atoms. The second-order valence-corrected chi connectivity index (χ2v) is 4.15. The predicted molar refractivity (Wildman–Crippen MR) is 76.5 cm³/mol. The van der Waals surface area contributed by atoms with Crippen molar-refractivity contribution < 1.29 is 19.6 Å². The third kappa shape index (κ3) is 3.84. The van der Waals surface area contributed by atoms with E-state index in [-0.39, 0.29) is 12.1 Å². The van der Waals surface area contributed by atoms with Crippen LogP contribution in [0.15, 0.2) is 54.6 Å². The summed E-state index contributed by atoms with van der Waals surface area (Å²) in [6.07, 6.45) is -0.651. The molecule has 0 radical (unpaired) electrons. The van der Waals surface area contributed by atoms with Gasteiger partial charge in [0.05, 0.1) is 0 Å². The molecule has 0 unspecified atom stereocenters. The van der Waals surface area contributed by atoms with Gasteiger partial charge in [0.1, 0.15) is 6.61 Å². The number of ether oxygens (including phenoxy) is 1. The standard InChI is InChI=1S/C14H14BNO4/c17-14(20-10-11-6-2-1-3-7-11)16-13-9-5-4-8-12(13)15(18)19/h1-9,18-19H,10H2,(H,16,17). The van der Waals surface area contributed by atoms with Gasteiger partial charge in [-0.1, -0.05) is 48.5 Å². The number of nitrogens with one attached hydrogen (secondary N) is 1. The van der Waals surface area contributed by atoms with Crippen molar-refractivity contribution in [1.29, 1.82) is 0 Å². The van der Waals surface area contributed by atoms with Crippen LogP contribution < -0.4 is 10.8 Å². The summed E-state index contributed by atoms with van der Waals surface area (Å²) in [6, 6.07) is 15.7. The quantitative estimate of drug-likeness (QED) is 0.728. The number of carbonyl (C=O) groups excluding carboxylic acids is 1. The molecule has 0 saturated heterocycles. The molecule has 0 bridgehead atoms. The molecular formula is C14H14BNO4. The van der Waals surface area contributed by atoms with Gasteiger partial charge in [-0.25, -0.2) is 4.79 Å². The van der Waals surface area contributed by atoms with Crippen LogP contribution in [0, 0.1) is 0 Å². The third-order valence-corrected chi connectivity index (χ3v) is 2.69. The topological polar surface area (TPSA) is 78.8 Å². The fourth-order valence-electron chi connectivity index (χ4n) is 1.71. The first-order valence-electron chi connectivity index (χ1n) is 6.09. The highest BCUT2D eigenvalue weighted by Gasteiger charge is 2.17. The SMILES string of the molecule is O=C(Nc1ccccc1B(O)O)OCc1ccccc1. The highest BCUT2D eigenvalue weighted by Crippen LogP contribution is 2.06. The van der Waals surface area contributed by atoms with Crippen molar-refractivity contribution in [2.45, 2.75) is 6.61 Å². The highest BCUT2D eigenvalue weighted by atomic mass is 16.5. The minimum absolute atomic E-state index is 0.149. The average Bonchev–Trinajstić information content (AvgIpc) is 2.46. The Hall–Kier alpha value is -2.31. The van der Waals surface area contributed by atoms with Crippen molar-refractivity contribution >= 4 is 24.4 Å². The zero-order chi connectivity index (χ0) is 14.4. The van der Waals surface area contributed by atoms with Gasteiger partial charge in [-0.3, -0.25) is 5.32 Å². The van der Waals surface area contributed by atoms with Gasteiger partial charge in [-0.2, -0.15) is 0 Å². The maximum Gasteiger partial charge on any atom is 0.490 e. The number of amides is 1. The summed E-state index contributed by atoms with van der Waals surface area (Å²) in [6.45, 7) is 0.149. The number of para-hydroxylation sites is 1. The van der Waals surface area contributed by atoms with Gasteiger partial charge in [0.2, 0.25) is 0 Å². The lowest BCUT2D eigenvalue weighted by Gasteiger charge is -2.10. The summed E-state index contributed by atoms with van der Waals surface area (Å²) in [7, 11) is -1.65. The molecule has 0 aromatic heterocycles. The Morgan fingerprint density at radius 1 is 1.05 bits per heavy atom. The van der Waals surface area contributed by atoms with E-state index in [1.54, 1.807) is 18.2 Å². The van der Waals surface area contributed by atoms with Crippen LogP contribution in [0.4, 0.5) is 10.5 Å². The Kier molecular flexibility index (Phi) is 4.76. The molecule has 0 saturated carbocycles. The normalized spacial score (nSPS) is 9.90. The minimum Gasteiger partial charge on any atom is -0.444 e. The van der Waals surface area contributed by atoms with E-state index in [0.717, 1.165) is 5.56 Å². The number of rotatable bonds is 4. The smallest absolute Gasteiger partial charge is 0.444 e. The molecular weight excluding hydrogens is 257 g/mol. The Morgan fingerprint density at radius 3 is 2.40 bits per heavy atom. The summed E-state index contributed by atoms with van der Waals surface area (Å²) >= 11 is 0. The van der Waals surface area contributed by atoms with Gasteiger partial charge in [0, 0.05) is 11.2 Å². The van der Waals surface area contributed by atoms with Crippen molar-refractivity contribution in [2.24, 2.45) is 0 Å². The molecule has 0 atom stereocenters. The molecule has 0 aliphatic heterocycles. The molecule has 2 aromatic rings. The predicted octanol–water partition coefficient (Wildman–Crippen LogP) is 1.12. The van der Waals surface area contributed by atoms with Gasteiger partial charge in [-0.15, -0.1) is 0 Å². The molecule has 20 heavy (non-hydrogen) atoms. The lowest BCUT2D eigenvalue weighted by molar-refractivity contribution is 0.155. The van der Waals surface area contributed by atoms with Gasteiger partial charge in [0.15, 0.2) is 0 Å². The van der Waals surface area contributed by atoms with Crippen molar-refractivity contribution in [1.82, 2.24) is 0 Å². The summed E-state index contributed by atoms with van der Waals surface area (Å²) < 4.78 is 5.05. The first kappa shape index (κ1) is 14.1. The van der Waals surface area contributed by atoms with Crippen molar-refractivity contribution in [3.05, 3.63) is 60.2 Å². The molecule has 0 aliphatic rings. The number of benzene rings is 2. The molecule has 6 heteroatoms. The Bertz CT molecular complexity index is 574. The van der Waals surface area contributed by atoms with E-state index in [2.05, 4.69) is 5.32 Å². The molecule has 102 valence electrons. The molecule has 0 heterocycles. The van der Waals surface area contributed by atoms with Gasteiger partial charge in [0.25, 0.3) is 0 Å². The van der Waals surface area contributed by atoms with E-state index in [4.69, 9.17) is 4.74 Å². The molecule has 2 aromatic carbocycles. The second-order valence-electron chi connectivity index (χ2n) is 4.15. The van der Waals surface area contributed by atoms with Crippen LogP contribution >= 0.6 is 0 Å². The summed E-state index contributed by atoms with van der Waals surface area (Å²) in [5, 5.41) is 20.9. The number of hydrogen-bond acceptors (Lipinski definition) is 4. The van der Waals surface area contributed by atoms with Gasteiger partial charge >= 0.3 is 13.2 Å². The largest absolute Gasteiger partial charge is 0.490 e. The van der Waals surface area contributed by atoms with Gasteiger partial charge in [-0.05, 0) is 11.6 Å². The molecule has 2 rings (SSSR count). The van der Waals surface area contributed by atoms with Crippen LogP contribution in [0.1, 0.15) is 5.56 Å². The Balaban J connectivity index is 1.95. The average molecular weight is 271 g/mol. The summed E-state index contributed by atoms with van der Waals surface area (Å²) in [4.78, 5) is 11.7. The van der Waals surface area contributed by atoms with E-state index in [9.17, 15) is 14.8 Å². The molecule has 1 amide bonds. The zero-order valence-corrected chi connectivity index (χ0v) is 10.7. The monoisotopic (exact) mass is 271 g/mol. The van der Waals surface area contributed by atoms with E-state index in [1.807, 2.05) is 30.3 Å². The van der Waals surface area contributed by atoms with Crippen LogP contribution in [0.25, 0.3) is 0 Å². The van der Waals surface area contributed by atoms with Crippen LogP contribution in [-0.2, 0) is 11.3 Å². The maximum atomic E-state index is 11.7. The van der Waals surface area contributed by atoms with Crippen molar-refractivity contribution in [3.8, 4) is 0 Å². The van der Waals surface area contributed by atoms with E-state index >= 15 is 0 Å².